The third-order valence-electron chi connectivity index (χ3n) is 3.15. The van der Waals surface area contributed by atoms with Crippen molar-refractivity contribution in [2.24, 2.45) is 5.92 Å². The maximum absolute atomic E-state index is 13.5. The second-order valence-corrected chi connectivity index (χ2v) is 7.10. The average Bonchev–Trinajstić information content (AvgIpc) is 3.25. The van der Waals surface area contributed by atoms with E-state index >= 15 is 0 Å². The first-order valence-electron chi connectivity index (χ1n) is 6.60. The number of halogens is 2. The van der Waals surface area contributed by atoms with E-state index < -0.39 is 22.4 Å². The minimum Gasteiger partial charge on any atom is -0.392 e. The van der Waals surface area contributed by atoms with Crippen LogP contribution in [0.25, 0.3) is 0 Å². The Morgan fingerprint density at radius 3 is 2.76 bits per heavy atom. The molecule has 0 spiro atoms. The van der Waals surface area contributed by atoms with Gasteiger partial charge in [-0.1, -0.05) is 11.6 Å². The number of aliphatic hydroxyl groups is 1. The van der Waals surface area contributed by atoms with Gasteiger partial charge >= 0.3 is 0 Å². The summed E-state index contributed by atoms with van der Waals surface area (Å²) in [5.41, 5.74) is 0.0297. The molecule has 0 bridgehead atoms. The predicted molar refractivity (Wildman–Crippen MR) is 76.1 cm³/mol. The molecule has 1 aliphatic carbocycles. The van der Waals surface area contributed by atoms with E-state index in [1.54, 1.807) is 0 Å². The van der Waals surface area contributed by atoms with Crippen LogP contribution in [0.15, 0.2) is 17.0 Å². The van der Waals surface area contributed by atoms with Gasteiger partial charge in [-0.25, -0.2) is 17.5 Å². The molecule has 0 saturated heterocycles. The highest BCUT2D eigenvalue weighted by atomic mass is 35.5. The predicted octanol–water partition coefficient (Wildman–Crippen LogP) is 1.68. The number of ether oxygens (including phenoxy) is 1. The van der Waals surface area contributed by atoms with Gasteiger partial charge < -0.3 is 9.84 Å². The smallest absolute Gasteiger partial charge is 0.240 e. The monoisotopic (exact) mass is 337 g/mol. The van der Waals surface area contributed by atoms with Gasteiger partial charge in [0.25, 0.3) is 0 Å². The second kappa shape index (κ2) is 7.02. The number of benzene rings is 1. The van der Waals surface area contributed by atoms with E-state index in [1.807, 2.05) is 0 Å². The van der Waals surface area contributed by atoms with Crippen LogP contribution in [0.1, 0.15) is 18.4 Å². The Hall–Kier alpha value is -0.730. The minimum atomic E-state index is -3.86. The van der Waals surface area contributed by atoms with Gasteiger partial charge in [0, 0.05) is 18.7 Å². The van der Waals surface area contributed by atoms with E-state index in [1.165, 1.54) is 12.8 Å². The zero-order valence-corrected chi connectivity index (χ0v) is 12.9. The van der Waals surface area contributed by atoms with Gasteiger partial charge in [0.05, 0.1) is 23.1 Å². The maximum Gasteiger partial charge on any atom is 0.240 e. The Bertz CT molecular complexity index is 604. The average molecular weight is 338 g/mol. The Morgan fingerprint density at radius 1 is 1.43 bits per heavy atom. The summed E-state index contributed by atoms with van der Waals surface area (Å²) in [5.74, 6) is -0.271. The molecular formula is C13H17ClFNO4S. The SMILES string of the molecule is O=S(=O)(NCCOCC1CC1)c1cc(F)c(Cl)c(CO)c1. The van der Waals surface area contributed by atoms with Gasteiger partial charge in [-0.2, -0.15) is 0 Å². The zero-order chi connectivity index (χ0) is 15.5. The van der Waals surface area contributed by atoms with Crippen molar-refractivity contribution in [1.29, 1.82) is 0 Å². The number of hydrogen-bond donors (Lipinski definition) is 2. The molecule has 0 aliphatic heterocycles. The van der Waals surface area contributed by atoms with Crippen LogP contribution in [0, 0.1) is 11.7 Å². The summed E-state index contributed by atoms with van der Waals surface area (Å²) in [5, 5.41) is 8.78. The van der Waals surface area contributed by atoms with Gasteiger partial charge in [0.1, 0.15) is 5.82 Å². The fraction of sp³-hybridized carbons (Fsp3) is 0.538. The molecule has 0 radical (unpaired) electrons. The van der Waals surface area contributed by atoms with E-state index in [9.17, 15) is 12.8 Å². The van der Waals surface area contributed by atoms with E-state index in [0.29, 0.717) is 12.5 Å². The van der Waals surface area contributed by atoms with Crippen LogP contribution in [-0.4, -0.2) is 33.3 Å². The molecule has 1 saturated carbocycles. The lowest BCUT2D eigenvalue weighted by Crippen LogP contribution is -2.28. The van der Waals surface area contributed by atoms with Gasteiger partial charge in [-0.3, -0.25) is 0 Å². The van der Waals surface area contributed by atoms with Crippen molar-refractivity contribution in [2.75, 3.05) is 19.8 Å². The van der Waals surface area contributed by atoms with Crippen molar-refractivity contribution >= 4 is 21.6 Å². The number of hydrogen-bond acceptors (Lipinski definition) is 4. The lowest BCUT2D eigenvalue weighted by atomic mass is 10.2. The van der Waals surface area contributed by atoms with E-state index in [4.69, 9.17) is 21.4 Å². The summed E-state index contributed by atoms with van der Waals surface area (Å²) in [4.78, 5) is -0.268. The summed E-state index contributed by atoms with van der Waals surface area (Å²) in [6, 6.07) is 1.98. The lowest BCUT2D eigenvalue weighted by molar-refractivity contribution is 0.129. The van der Waals surface area contributed by atoms with Crippen LogP contribution < -0.4 is 4.72 Å². The van der Waals surface area contributed by atoms with Gasteiger partial charge in [0.2, 0.25) is 10.0 Å². The summed E-state index contributed by atoms with van der Waals surface area (Å²) in [6.45, 7) is 0.474. The highest BCUT2D eigenvalue weighted by Gasteiger charge is 2.21. The molecule has 0 unspecified atom stereocenters. The van der Waals surface area contributed by atoms with Crippen molar-refractivity contribution in [3.05, 3.63) is 28.5 Å². The summed E-state index contributed by atoms with van der Waals surface area (Å²) in [6.07, 6.45) is 2.33. The summed E-state index contributed by atoms with van der Waals surface area (Å²) < 4.78 is 45.2. The maximum atomic E-state index is 13.5. The van der Waals surface area contributed by atoms with Crippen molar-refractivity contribution in [1.82, 2.24) is 4.72 Å². The molecule has 0 aromatic heterocycles. The summed E-state index contributed by atoms with van der Waals surface area (Å²) >= 11 is 5.63. The van der Waals surface area contributed by atoms with Crippen LogP contribution in [0.3, 0.4) is 0 Å². The number of sulfonamides is 1. The van der Waals surface area contributed by atoms with Crippen molar-refractivity contribution in [3.63, 3.8) is 0 Å². The Labute approximate surface area is 128 Å². The largest absolute Gasteiger partial charge is 0.392 e. The summed E-state index contributed by atoms with van der Waals surface area (Å²) in [7, 11) is -3.86. The molecule has 0 atom stereocenters. The first-order valence-corrected chi connectivity index (χ1v) is 8.46. The van der Waals surface area contributed by atoms with Crippen LogP contribution in [-0.2, 0) is 21.4 Å². The molecule has 118 valence electrons. The van der Waals surface area contributed by atoms with Crippen molar-refractivity contribution in [2.45, 2.75) is 24.3 Å². The van der Waals surface area contributed by atoms with Crippen molar-refractivity contribution in [3.8, 4) is 0 Å². The van der Waals surface area contributed by atoms with Crippen LogP contribution in [0.2, 0.25) is 5.02 Å². The highest BCUT2D eigenvalue weighted by Crippen LogP contribution is 2.28. The standard InChI is InChI=1S/C13H17ClFNO4S/c14-13-10(7-17)5-11(6-12(13)15)21(18,19)16-3-4-20-8-9-1-2-9/h5-6,9,16-17H,1-4,7-8H2. The highest BCUT2D eigenvalue weighted by molar-refractivity contribution is 7.89. The zero-order valence-electron chi connectivity index (χ0n) is 11.3. The van der Waals surface area contributed by atoms with Gasteiger partial charge in [-0.05, 0) is 30.9 Å². The second-order valence-electron chi connectivity index (χ2n) is 4.95. The minimum absolute atomic E-state index is 0.0297. The molecular weight excluding hydrogens is 321 g/mol. The molecule has 0 heterocycles. The lowest BCUT2D eigenvalue weighted by Gasteiger charge is -2.10. The molecule has 1 aliphatic rings. The molecule has 5 nitrogen and oxygen atoms in total. The van der Waals surface area contributed by atoms with E-state index in [-0.39, 0.29) is 28.6 Å². The van der Waals surface area contributed by atoms with Gasteiger partial charge in [-0.15, -0.1) is 0 Å². The number of aliphatic hydroxyl groups excluding tert-OH is 1. The normalized spacial score (nSPS) is 15.4. The molecule has 21 heavy (non-hydrogen) atoms. The third-order valence-corrected chi connectivity index (χ3v) is 5.01. The first-order chi connectivity index (χ1) is 9.94. The van der Waals surface area contributed by atoms with E-state index in [0.717, 1.165) is 12.1 Å². The number of rotatable bonds is 8. The Kier molecular flexibility index (Phi) is 5.56. The molecule has 1 aromatic carbocycles. The molecule has 1 aromatic rings. The first kappa shape index (κ1) is 16.6. The Morgan fingerprint density at radius 2 is 2.14 bits per heavy atom. The molecule has 8 heteroatoms. The molecule has 0 amide bonds. The fourth-order valence-electron chi connectivity index (χ4n) is 1.75. The fourth-order valence-corrected chi connectivity index (χ4v) is 3.00. The quantitative estimate of drug-likeness (QED) is 0.708. The Balaban J connectivity index is 1.96. The van der Waals surface area contributed by atoms with E-state index in [2.05, 4.69) is 4.72 Å². The topological polar surface area (TPSA) is 75.6 Å². The van der Waals surface area contributed by atoms with Crippen molar-refractivity contribution < 1.29 is 22.7 Å². The third kappa shape index (κ3) is 4.62. The van der Waals surface area contributed by atoms with Crippen LogP contribution >= 0.6 is 11.6 Å². The molecule has 2 N–H and O–H groups in total. The van der Waals surface area contributed by atoms with Gasteiger partial charge in [0.15, 0.2) is 0 Å². The molecule has 1 fully saturated rings. The molecule has 2 rings (SSSR count). The van der Waals surface area contributed by atoms with Crippen LogP contribution in [0.4, 0.5) is 4.39 Å². The van der Waals surface area contributed by atoms with Crippen LogP contribution in [0.5, 0.6) is 0 Å². The number of nitrogens with one attached hydrogen (secondary N) is 1.